The van der Waals surface area contributed by atoms with Crippen molar-refractivity contribution in [3.05, 3.63) is 69.9 Å². The lowest BCUT2D eigenvalue weighted by Gasteiger charge is -2.07. The summed E-state index contributed by atoms with van der Waals surface area (Å²) in [7, 11) is 0. The Morgan fingerprint density at radius 2 is 2.09 bits per heavy atom. The number of hydrogen-bond acceptors (Lipinski definition) is 3. The summed E-state index contributed by atoms with van der Waals surface area (Å²) in [5, 5.41) is 0. The molecule has 2 N–H and O–H groups in total. The summed E-state index contributed by atoms with van der Waals surface area (Å²) in [5.74, 6) is -3.40. The summed E-state index contributed by atoms with van der Waals surface area (Å²) in [4.78, 5) is 23.5. The number of benzene rings is 1. The summed E-state index contributed by atoms with van der Waals surface area (Å²) in [5.41, 5.74) is 4.59. The predicted molar refractivity (Wildman–Crippen MR) is 80.8 cm³/mol. The first kappa shape index (κ1) is 16.1. The van der Waals surface area contributed by atoms with E-state index in [1.165, 1.54) is 18.3 Å². The second-order valence-electron chi connectivity index (χ2n) is 4.37. The molecule has 0 saturated carbocycles. The van der Waals surface area contributed by atoms with Crippen molar-refractivity contribution < 1.29 is 18.4 Å². The first-order chi connectivity index (χ1) is 10.5. The predicted octanol–water partition coefficient (Wildman–Crippen LogP) is 2.89. The van der Waals surface area contributed by atoms with Crippen molar-refractivity contribution in [2.75, 3.05) is 0 Å². The highest BCUT2D eigenvalue weighted by molar-refractivity contribution is 9.11. The van der Waals surface area contributed by atoms with Gasteiger partial charge < -0.3 is 5.43 Å². The number of carbonyl (C=O) groups is 2. The van der Waals surface area contributed by atoms with Gasteiger partial charge >= 0.3 is 0 Å². The monoisotopic (exact) mass is 368 g/mol. The van der Waals surface area contributed by atoms with Gasteiger partial charge in [-0.15, -0.1) is 0 Å². The van der Waals surface area contributed by atoms with E-state index >= 15 is 0 Å². The zero-order chi connectivity index (χ0) is 16.1. The molecular formula is C15H11BrF2N2O2. The van der Waals surface area contributed by atoms with Crippen molar-refractivity contribution in [3.8, 4) is 0 Å². The second-order valence-corrected chi connectivity index (χ2v) is 5.29. The molecule has 1 aromatic carbocycles. The molecule has 0 aliphatic heterocycles. The molecule has 0 fully saturated rings. The van der Waals surface area contributed by atoms with E-state index in [9.17, 15) is 18.4 Å². The number of rotatable bonds is 3. The molecule has 22 heavy (non-hydrogen) atoms. The van der Waals surface area contributed by atoms with Crippen molar-refractivity contribution in [2.45, 2.75) is 6.42 Å². The van der Waals surface area contributed by atoms with Gasteiger partial charge in [-0.2, -0.15) is 0 Å². The molecule has 0 atom stereocenters. The van der Waals surface area contributed by atoms with Crippen LogP contribution >= 0.6 is 15.9 Å². The Bertz CT molecular complexity index is 711. The normalized spacial score (nSPS) is 16.2. The molecule has 0 unspecified atom stereocenters. The van der Waals surface area contributed by atoms with E-state index in [2.05, 4.69) is 26.8 Å². The van der Waals surface area contributed by atoms with Crippen LogP contribution in [0.5, 0.6) is 0 Å². The Kier molecular flexibility index (Phi) is 5.21. The number of hydrogen-bond donors (Lipinski definition) is 2. The molecule has 0 saturated heterocycles. The van der Waals surface area contributed by atoms with Gasteiger partial charge in [0.25, 0.3) is 5.91 Å². The number of ketones is 1. The van der Waals surface area contributed by atoms with Gasteiger partial charge in [-0.25, -0.2) is 8.78 Å². The van der Waals surface area contributed by atoms with Crippen molar-refractivity contribution >= 4 is 27.6 Å². The van der Waals surface area contributed by atoms with E-state index < -0.39 is 23.1 Å². The smallest absolute Gasteiger partial charge is 0.272 e. The van der Waals surface area contributed by atoms with Gasteiger partial charge in [-0.1, -0.05) is 34.1 Å². The lowest BCUT2D eigenvalue weighted by atomic mass is 10.1. The third-order valence-corrected chi connectivity index (χ3v) is 3.32. The molecule has 0 aromatic heterocycles. The van der Waals surface area contributed by atoms with Crippen LogP contribution in [-0.4, -0.2) is 11.7 Å². The molecule has 0 radical (unpaired) electrons. The maximum absolute atomic E-state index is 13.4. The van der Waals surface area contributed by atoms with E-state index in [-0.39, 0.29) is 5.78 Å². The Hall–Kier alpha value is -2.28. The lowest BCUT2D eigenvalue weighted by molar-refractivity contribution is -0.111. The average molecular weight is 369 g/mol. The fourth-order valence-electron chi connectivity index (χ4n) is 1.73. The van der Waals surface area contributed by atoms with E-state index in [0.717, 1.165) is 12.1 Å². The van der Waals surface area contributed by atoms with Gasteiger partial charge in [0, 0.05) is 16.3 Å². The first-order valence-electron chi connectivity index (χ1n) is 6.26. The molecule has 0 spiro atoms. The van der Waals surface area contributed by atoms with E-state index in [1.54, 1.807) is 12.2 Å². The molecule has 0 bridgehead atoms. The highest BCUT2D eigenvalue weighted by Gasteiger charge is 2.14. The van der Waals surface area contributed by atoms with Crippen LogP contribution in [0.3, 0.4) is 0 Å². The lowest BCUT2D eigenvalue weighted by Crippen LogP contribution is -2.34. The van der Waals surface area contributed by atoms with Crippen LogP contribution in [0.25, 0.3) is 0 Å². The van der Waals surface area contributed by atoms with E-state index in [1.807, 2.05) is 0 Å². The van der Waals surface area contributed by atoms with Crippen LogP contribution in [0, 0.1) is 11.6 Å². The molecule has 1 aliphatic carbocycles. The van der Waals surface area contributed by atoms with Crippen LogP contribution in [0.15, 0.2) is 52.7 Å². The highest BCUT2D eigenvalue weighted by Crippen LogP contribution is 2.16. The van der Waals surface area contributed by atoms with Crippen LogP contribution < -0.4 is 10.9 Å². The van der Waals surface area contributed by atoms with Gasteiger partial charge in [-0.3, -0.25) is 15.0 Å². The first-order valence-corrected chi connectivity index (χ1v) is 7.05. The number of halogens is 3. The fourth-order valence-corrected chi connectivity index (χ4v) is 2.13. The quantitative estimate of drug-likeness (QED) is 0.637. The highest BCUT2D eigenvalue weighted by atomic mass is 79.9. The van der Waals surface area contributed by atoms with Gasteiger partial charge in [0.05, 0.1) is 5.56 Å². The third kappa shape index (κ3) is 3.88. The van der Waals surface area contributed by atoms with Crippen LogP contribution in [0.4, 0.5) is 8.78 Å². The van der Waals surface area contributed by atoms with Crippen molar-refractivity contribution in [2.24, 2.45) is 0 Å². The molecular weight excluding hydrogens is 358 g/mol. The minimum atomic E-state index is -1.23. The Balaban J connectivity index is 2.03. The van der Waals surface area contributed by atoms with E-state index in [0.29, 0.717) is 16.5 Å². The zero-order valence-corrected chi connectivity index (χ0v) is 12.8. The maximum atomic E-state index is 13.4. The van der Waals surface area contributed by atoms with Crippen LogP contribution in [0.2, 0.25) is 0 Å². The summed E-state index contributed by atoms with van der Waals surface area (Å²) >= 11 is 3.20. The number of amides is 1. The topological polar surface area (TPSA) is 58.2 Å². The summed E-state index contributed by atoms with van der Waals surface area (Å²) < 4.78 is 27.1. The standard InChI is InChI=1S/C15H11BrF2N2O2/c16-10-4-1-3-9(13(21)7-10)8-19-20-15(22)11-5-2-6-12(17)14(11)18/h1-2,4-8,19H,3H2,(H,20,22)/b9-8+. The average Bonchev–Trinajstić information content (AvgIpc) is 2.63. The SMILES string of the molecule is O=C1C=C(Br)C=CC/C1=C\NNC(=O)c1cccc(F)c1F. The van der Waals surface area contributed by atoms with Crippen molar-refractivity contribution in [1.29, 1.82) is 0 Å². The largest absolute Gasteiger partial charge is 0.305 e. The van der Waals surface area contributed by atoms with Gasteiger partial charge in [0.2, 0.25) is 0 Å². The number of nitrogens with one attached hydrogen (secondary N) is 2. The third-order valence-electron chi connectivity index (χ3n) is 2.83. The Labute approximate surface area is 133 Å². The molecule has 1 aliphatic rings. The number of allylic oxidation sites excluding steroid dienone is 5. The molecule has 1 aromatic rings. The zero-order valence-electron chi connectivity index (χ0n) is 11.2. The fraction of sp³-hybridized carbons (Fsp3) is 0.0667. The molecule has 114 valence electrons. The summed E-state index contributed by atoms with van der Waals surface area (Å²) in [6, 6.07) is 3.30. The number of hydrazine groups is 1. The van der Waals surface area contributed by atoms with Gasteiger partial charge in [0.15, 0.2) is 17.4 Å². The van der Waals surface area contributed by atoms with Crippen LogP contribution in [0.1, 0.15) is 16.8 Å². The molecule has 2 rings (SSSR count). The second kappa shape index (κ2) is 7.13. The van der Waals surface area contributed by atoms with Gasteiger partial charge in [-0.05, 0) is 24.6 Å². The van der Waals surface area contributed by atoms with Crippen molar-refractivity contribution in [1.82, 2.24) is 10.9 Å². The minimum absolute atomic E-state index is 0.226. The van der Waals surface area contributed by atoms with Crippen LogP contribution in [-0.2, 0) is 4.79 Å². The van der Waals surface area contributed by atoms with Gasteiger partial charge in [0.1, 0.15) is 0 Å². The Morgan fingerprint density at radius 3 is 2.86 bits per heavy atom. The summed E-state index contributed by atoms with van der Waals surface area (Å²) in [6.45, 7) is 0. The number of carbonyl (C=O) groups excluding carboxylic acids is 2. The van der Waals surface area contributed by atoms with Crippen molar-refractivity contribution in [3.63, 3.8) is 0 Å². The maximum Gasteiger partial charge on any atom is 0.272 e. The molecule has 4 nitrogen and oxygen atoms in total. The molecule has 1 amide bonds. The van der Waals surface area contributed by atoms with E-state index in [4.69, 9.17) is 0 Å². The molecule has 0 heterocycles. The summed E-state index contributed by atoms with van der Waals surface area (Å²) in [6.07, 6.45) is 6.59. The minimum Gasteiger partial charge on any atom is -0.305 e. The Morgan fingerprint density at radius 1 is 1.32 bits per heavy atom. The molecule has 7 heteroatoms.